The monoisotopic (exact) mass is 436 g/mol. The molecule has 1 amide bonds. The van der Waals surface area contributed by atoms with E-state index in [0.717, 1.165) is 55.6 Å². The second kappa shape index (κ2) is 10.1. The van der Waals surface area contributed by atoms with Gasteiger partial charge in [0.2, 0.25) is 0 Å². The summed E-state index contributed by atoms with van der Waals surface area (Å²) in [5.41, 5.74) is 2.23. The molecule has 1 aliphatic rings. The first-order valence-corrected chi connectivity index (χ1v) is 10.6. The Balaban J connectivity index is 1.23. The Morgan fingerprint density at radius 3 is 2.47 bits per heavy atom. The van der Waals surface area contributed by atoms with Crippen molar-refractivity contribution in [3.8, 4) is 17.2 Å². The number of aromatic nitrogens is 3. The number of nitrogens with one attached hydrogen (secondary N) is 1. The minimum Gasteiger partial charge on any atom is -0.497 e. The molecule has 1 aromatic heterocycles. The zero-order valence-electron chi connectivity index (χ0n) is 18.4. The summed E-state index contributed by atoms with van der Waals surface area (Å²) in [6, 6.07) is 15.5. The van der Waals surface area contributed by atoms with Crippen molar-refractivity contribution < 1.29 is 14.3 Å². The maximum atomic E-state index is 12.5. The molecule has 9 nitrogen and oxygen atoms in total. The Bertz CT molecular complexity index is 1030. The molecule has 168 valence electrons. The number of piperazine rings is 1. The molecule has 2 aromatic carbocycles. The summed E-state index contributed by atoms with van der Waals surface area (Å²) in [6.45, 7) is 5.05. The molecule has 4 rings (SSSR count). The molecule has 0 unspecified atom stereocenters. The highest BCUT2D eigenvalue weighted by atomic mass is 16.5. The van der Waals surface area contributed by atoms with Crippen LogP contribution in [-0.4, -0.2) is 79.3 Å². The van der Waals surface area contributed by atoms with Crippen LogP contribution in [0.25, 0.3) is 5.69 Å². The highest BCUT2D eigenvalue weighted by Crippen LogP contribution is 2.28. The number of hydrogen-bond acceptors (Lipinski definition) is 7. The van der Waals surface area contributed by atoms with Crippen molar-refractivity contribution in [1.29, 1.82) is 0 Å². The maximum Gasteiger partial charge on any atom is 0.273 e. The average molecular weight is 437 g/mol. The van der Waals surface area contributed by atoms with Crippen LogP contribution in [0.15, 0.2) is 54.7 Å². The third-order valence-corrected chi connectivity index (χ3v) is 5.57. The van der Waals surface area contributed by atoms with Gasteiger partial charge in [-0.05, 0) is 36.4 Å². The Hall–Kier alpha value is -3.59. The van der Waals surface area contributed by atoms with Gasteiger partial charge >= 0.3 is 0 Å². The Labute approximate surface area is 187 Å². The lowest BCUT2D eigenvalue weighted by Gasteiger charge is -2.36. The normalized spacial score (nSPS) is 14.2. The van der Waals surface area contributed by atoms with Crippen LogP contribution in [0.5, 0.6) is 11.5 Å². The molecule has 0 bridgehead atoms. The van der Waals surface area contributed by atoms with E-state index < -0.39 is 0 Å². The highest BCUT2D eigenvalue weighted by Gasteiger charge is 2.19. The van der Waals surface area contributed by atoms with Gasteiger partial charge in [-0.25, -0.2) is 4.68 Å². The first kappa shape index (κ1) is 21.6. The van der Waals surface area contributed by atoms with Gasteiger partial charge in [0, 0.05) is 39.3 Å². The van der Waals surface area contributed by atoms with E-state index in [0.29, 0.717) is 12.2 Å². The number of ether oxygens (including phenoxy) is 2. The van der Waals surface area contributed by atoms with E-state index >= 15 is 0 Å². The van der Waals surface area contributed by atoms with Crippen LogP contribution in [-0.2, 0) is 0 Å². The number of nitrogens with zero attached hydrogens (tertiary/aromatic N) is 5. The van der Waals surface area contributed by atoms with Gasteiger partial charge in [0.15, 0.2) is 5.69 Å². The lowest BCUT2D eigenvalue weighted by Crippen LogP contribution is -2.48. The summed E-state index contributed by atoms with van der Waals surface area (Å²) >= 11 is 0. The molecular weight excluding hydrogens is 408 g/mol. The molecule has 0 saturated carbocycles. The lowest BCUT2D eigenvalue weighted by molar-refractivity contribution is 0.0942. The molecule has 1 N–H and O–H groups in total. The van der Waals surface area contributed by atoms with Gasteiger partial charge in [0.05, 0.1) is 31.8 Å². The van der Waals surface area contributed by atoms with Crippen molar-refractivity contribution in [2.24, 2.45) is 0 Å². The molecule has 32 heavy (non-hydrogen) atoms. The van der Waals surface area contributed by atoms with Gasteiger partial charge in [-0.15, -0.1) is 5.10 Å². The molecular formula is C23H28N6O3. The van der Waals surface area contributed by atoms with E-state index in [9.17, 15) is 4.79 Å². The molecule has 0 aliphatic carbocycles. The summed E-state index contributed by atoms with van der Waals surface area (Å²) in [6.07, 6.45) is 1.63. The van der Waals surface area contributed by atoms with E-state index in [4.69, 9.17) is 9.47 Å². The van der Waals surface area contributed by atoms with Gasteiger partial charge < -0.3 is 19.7 Å². The van der Waals surface area contributed by atoms with Gasteiger partial charge in [0.25, 0.3) is 5.91 Å². The number of rotatable bonds is 8. The fourth-order valence-electron chi connectivity index (χ4n) is 3.75. The molecule has 9 heteroatoms. The van der Waals surface area contributed by atoms with Crippen LogP contribution in [0.2, 0.25) is 0 Å². The largest absolute Gasteiger partial charge is 0.497 e. The van der Waals surface area contributed by atoms with E-state index in [1.807, 2.05) is 42.5 Å². The molecule has 0 atom stereocenters. The molecule has 1 fully saturated rings. The van der Waals surface area contributed by atoms with Crippen LogP contribution in [0, 0.1) is 0 Å². The van der Waals surface area contributed by atoms with Crippen molar-refractivity contribution in [1.82, 2.24) is 25.2 Å². The van der Waals surface area contributed by atoms with Crippen molar-refractivity contribution in [3.63, 3.8) is 0 Å². The maximum absolute atomic E-state index is 12.5. The van der Waals surface area contributed by atoms with Gasteiger partial charge in [-0.2, -0.15) is 0 Å². The number of carbonyl (C=O) groups is 1. The number of carbonyl (C=O) groups excluding carboxylic acids is 1. The van der Waals surface area contributed by atoms with Crippen molar-refractivity contribution in [3.05, 3.63) is 60.4 Å². The van der Waals surface area contributed by atoms with Gasteiger partial charge in [0.1, 0.15) is 11.5 Å². The summed E-state index contributed by atoms with van der Waals surface area (Å²) in [5, 5.41) is 11.0. The van der Waals surface area contributed by atoms with Crippen LogP contribution in [0.3, 0.4) is 0 Å². The van der Waals surface area contributed by atoms with Crippen LogP contribution in [0.4, 0.5) is 5.69 Å². The number of anilines is 1. The summed E-state index contributed by atoms with van der Waals surface area (Å²) in [4.78, 5) is 17.1. The van der Waals surface area contributed by atoms with E-state index in [1.165, 1.54) is 0 Å². The number of methoxy groups -OCH3 is 2. The topological polar surface area (TPSA) is 84.8 Å². The van der Waals surface area contributed by atoms with Crippen LogP contribution < -0.4 is 19.7 Å². The van der Waals surface area contributed by atoms with Gasteiger partial charge in [-0.1, -0.05) is 17.3 Å². The molecule has 0 radical (unpaired) electrons. The standard InChI is InChI=1S/C23H28N6O3/c1-31-19-9-7-18(8-10-19)29-17-20(25-26-29)23(30)24-11-12-27-13-15-28(16-14-27)21-5-3-4-6-22(21)32-2/h3-10,17H,11-16H2,1-2H3,(H,24,30). The van der Waals surface area contributed by atoms with Gasteiger partial charge in [-0.3, -0.25) is 9.69 Å². The molecule has 1 saturated heterocycles. The number of amides is 1. The minimum atomic E-state index is -0.225. The second-order valence-corrected chi connectivity index (χ2v) is 7.50. The SMILES string of the molecule is COc1ccc(-n2cc(C(=O)NCCN3CCN(c4ccccc4OC)CC3)nn2)cc1. The lowest BCUT2D eigenvalue weighted by atomic mass is 10.2. The fourth-order valence-corrected chi connectivity index (χ4v) is 3.75. The zero-order chi connectivity index (χ0) is 22.3. The van der Waals surface area contributed by atoms with Crippen LogP contribution >= 0.6 is 0 Å². The predicted octanol–water partition coefficient (Wildman–Crippen LogP) is 1.84. The van der Waals surface area contributed by atoms with Crippen LogP contribution in [0.1, 0.15) is 10.5 Å². The van der Waals surface area contributed by atoms with Crippen molar-refractivity contribution in [2.75, 3.05) is 58.4 Å². The Morgan fingerprint density at radius 1 is 1.00 bits per heavy atom. The quantitative estimate of drug-likeness (QED) is 0.577. The van der Waals surface area contributed by atoms with E-state index in [2.05, 4.69) is 31.5 Å². The zero-order valence-corrected chi connectivity index (χ0v) is 18.4. The third kappa shape index (κ3) is 5.00. The van der Waals surface area contributed by atoms with E-state index in [-0.39, 0.29) is 5.91 Å². The minimum absolute atomic E-state index is 0.225. The number of benzene rings is 2. The molecule has 3 aromatic rings. The van der Waals surface area contributed by atoms with Crippen molar-refractivity contribution in [2.45, 2.75) is 0 Å². The first-order chi connectivity index (χ1) is 15.7. The fraction of sp³-hybridized carbons (Fsp3) is 0.348. The smallest absolute Gasteiger partial charge is 0.273 e. The molecule has 1 aliphatic heterocycles. The summed E-state index contributed by atoms with van der Waals surface area (Å²) in [7, 11) is 3.32. The number of para-hydroxylation sites is 2. The van der Waals surface area contributed by atoms with E-state index in [1.54, 1.807) is 25.1 Å². The Kier molecular flexibility index (Phi) is 6.86. The average Bonchev–Trinajstić information content (AvgIpc) is 3.35. The predicted molar refractivity (Wildman–Crippen MR) is 122 cm³/mol. The number of hydrogen-bond donors (Lipinski definition) is 1. The summed E-state index contributed by atoms with van der Waals surface area (Å²) < 4.78 is 12.2. The summed E-state index contributed by atoms with van der Waals surface area (Å²) in [5.74, 6) is 1.43. The highest BCUT2D eigenvalue weighted by molar-refractivity contribution is 5.91. The molecule has 2 heterocycles. The first-order valence-electron chi connectivity index (χ1n) is 10.6. The van der Waals surface area contributed by atoms with Crippen molar-refractivity contribution >= 4 is 11.6 Å². The molecule has 0 spiro atoms. The Morgan fingerprint density at radius 2 is 1.75 bits per heavy atom. The third-order valence-electron chi connectivity index (χ3n) is 5.57. The second-order valence-electron chi connectivity index (χ2n) is 7.50.